The molecule has 1 aromatic carbocycles. The van der Waals surface area contributed by atoms with Crippen molar-refractivity contribution >= 4 is 12.0 Å². The van der Waals surface area contributed by atoms with Crippen LogP contribution in [0.1, 0.15) is 45.1 Å². The molecule has 1 rings (SSSR count). The maximum absolute atomic E-state index is 11.8. The van der Waals surface area contributed by atoms with E-state index >= 15 is 0 Å². The molecule has 0 N–H and O–H groups in total. The molecule has 2 nitrogen and oxygen atoms in total. The van der Waals surface area contributed by atoms with Gasteiger partial charge < -0.3 is 4.74 Å². The molecule has 1 atom stereocenters. The van der Waals surface area contributed by atoms with Gasteiger partial charge in [0, 0.05) is 0 Å². The normalized spacial score (nSPS) is 12.5. The molecular formula is C17H24O2. The van der Waals surface area contributed by atoms with Crippen molar-refractivity contribution in [2.24, 2.45) is 5.92 Å². The molecule has 0 radical (unpaired) electrons. The number of benzene rings is 1. The van der Waals surface area contributed by atoms with Crippen LogP contribution in [-0.4, -0.2) is 12.6 Å². The second kappa shape index (κ2) is 9.37. The maximum Gasteiger partial charge on any atom is 0.309 e. The lowest BCUT2D eigenvalue weighted by Crippen LogP contribution is -2.17. The van der Waals surface area contributed by atoms with Crippen molar-refractivity contribution in [3.05, 3.63) is 42.0 Å². The van der Waals surface area contributed by atoms with Gasteiger partial charge in [-0.05, 0) is 24.5 Å². The fourth-order valence-electron chi connectivity index (χ4n) is 1.94. The van der Waals surface area contributed by atoms with Crippen LogP contribution in [0.4, 0.5) is 0 Å². The molecule has 0 amide bonds. The summed E-state index contributed by atoms with van der Waals surface area (Å²) in [5, 5.41) is 0. The third kappa shape index (κ3) is 6.23. The van der Waals surface area contributed by atoms with Gasteiger partial charge in [0.25, 0.3) is 0 Å². The van der Waals surface area contributed by atoms with Crippen molar-refractivity contribution < 1.29 is 9.53 Å². The molecular weight excluding hydrogens is 236 g/mol. The molecule has 1 aromatic rings. The highest BCUT2D eigenvalue weighted by Gasteiger charge is 2.16. The highest BCUT2D eigenvalue weighted by atomic mass is 16.5. The summed E-state index contributed by atoms with van der Waals surface area (Å²) < 4.78 is 5.29. The van der Waals surface area contributed by atoms with Crippen molar-refractivity contribution in [1.29, 1.82) is 0 Å². The lowest BCUT2D eigenvalue weighted by Gasteiger charge is -2.12. The van der Waals surface area contributed by atoms with Gasteiger partial charge in [-0.15, -0.1) is 0 Å². The molecule has 0 aromatic heterocycles. The van der Waals surface area contributed by atoms with E-state index in [0.29, 0.717) is 6.61 Å². The van der Waals surface area contributed by atoms with E-state index in [1.54, 1.807) is 0 Å². The van der Waals surface area contributed by atoms with Crippen LogP contribution in [0.2, 0.25) is 0 Å². The number of carbonyl (C=O) groups is 1. The van der Waals surface area contributed by atoms with E-state index in [4.69, 9.17) is 4.74 Å². The minimum atomic E-state index is -0.0614. The Morgan fingerprint density at radius 2 is 2.00 bits per heavy atom. The molecule has 0 aliphatic carbocycles. The fraction of sp³-hybridized carbons (Fsp3) is 0.471. The quantitative estimate of drug-likeness (QED) is 0.645. The smallest absolute Gasteiger partial charge is 0.309 e. The monoisotopic (exact) mass is 260 g/mol. The topological polar surface area (TPSA) is 26.3 Å². The van der Waals surface area contributed by atoms with Crippen LogP contribution in [0.3, 0.4) is 0 Å². The highest BCUT2D eigenvalue weighted by molar-refractivity contribution is 5.72. The second-order valence-corrected chi connectivity index (χ2v) is 4.69. The number of hydrogen-bond acceptors (Lipinski definition) is 2. The molecule has 0 saturated heterocycles. The van der Waals surface area contributed by atoms with E-state index in [2.05, 4.69) is 6.92 Å². The Kier molecular flexibility index (Phi) is 7.64. The average Bonchev–Trinajstić information content (AvgIpc) is 2.45. The zero-order valence-electron chi connectivity index (χ0n) is 12.0. The molecule has 0 aliphatic rings. The molecule has 0 saturated carbocycles. The summed E-state index contributed by atoms with van der Waals surface area (Å²) in [6, 6.07) is 10.0. The van der Waals surface area contributed by atoms with Gasteiger partial charge in [0.2, 0.25) is 0 Å². The first-order chi connectivity index (χ1) is 9.27. The highest BCUT2D eigenvalue weighted by Crippen LogP contribution is 2.14. The van der Waals surface area contributed by atoms with E-state index in [0.717, 1.165) is 31.2 Å². The number of ether oxygens (including phenoxy) is 1. The van der Waals surface area contributed by atoms with E-state index in [1.807, 2.05) is 49.4 Å². The Balaban J connectivity index is 2.31. The zero-order valence-corrected chi connectivity index (χ0v) is 12.0. The molecule has 0 aliphatic heterocycles. The average molecular weight is 260 g/mol. The van der Waals surface area contributed by atoms with Crippen LogP contribution in [-0.2, 0) is 9.53 Å². The lowest BCUT2D eigenvalue weighted by atomic mass is 10.00. The van der Waals surface area contributed by atoms with Gasteiger partial charge in [-0.2, -0.15) is 0 Å². The standard InChI is InChI=1S/C17H24O2/c1-3-5-13-16(4-2)17(18)19-14-9-12-15-10-7-6-8-11-15/h6-12,16H,3-5,13-14H2,1-2H3. The SMILES string of the molecule is CCCCC(CC)C(=O)OCC=Cc1ccccc1. The number of hydrogen-bond donors (Lipinski definition) is 0. The van der Waals surface area contributed by atoms with E-state index < -0.39 is 0 Å². The maximum atomic E-state index is 11.8. The Morgan fingerprint density at radius 3 is 2.63 bits per heavy atom. The summed E-state index contributed by atoms with van der Waals surface area (Å²) >= 11 is 0. The summed E-state index contributed by atoms with van der Waals surface area (Å²) in [5.74, 6) is -0.00117. The molecule has 19 heavy (non-hydrogen) atoms. The van der Waals surface area contributed by atoms with Gasteiger partial charge in [-0.3, -0.25) is 4.79 Å². The number of esters is 1. The first-order valence-corrected chi connectivity index (χ1v) is 7.16. The largest absolute Gasteiger partial charge is 0.461 e. The van der Waals surface area contributed by atoms with Gasteiger partial charge in [-0.1, -0.05) is 63.1 Å². The summed E-state index contributed by atoms with van der Waals surface area (Å²) in [6.07, 6.45) is 7.88. The van der Waals surface area contributed by atoms with Crippen molar-refractivity contribution in [1.82, 2.24) is 0 Å². The third-order valence-electron chi connectivity index (χ3n) is 3.16. The van der Waals surface area contributed by atoms with Crippen LogP contribution in [0, 0.1) is 5.92 Å². The first-order valence-electron chi connectivity index (χ1n) is 7.16. The van der Waals surface area contributed by atoms with Crippen molar-refractivity contribution in [2.75, 3.05) is 6.61 Å². The minimum absolute atomic E-state index is 0.0603. The summed E-state index contributed by atoms with van der Waals surface area (Å²) in [6.45, 7) is 4.54. The van der Waals surface area contributed by atoms with Crippen LogP contribution in [0.5, 0.6) is 0 Å². The van der Waals surface area contributed by atoms with Crippen LogP contribution in [0.15, 0.2) is 36.4 Å². The van der Waals surface area contributed by atoms with Gasteiger partial charge in [0.1, 0.15) is 6.61 Å². The predicted octanol–water partition coefficient (Wildman–Crippen LogP) is 4.46. The van der Waals surface area contributed by atoms with Crippen LogP contribution in [0.25, 0.3) is 6.08 Å². The van der Waals surface area contributed by atoms with Crippen LogP contribution < -0.4 is 0 Å². The van der Waals surface area contributed by atoms with E-state index in [9.17, 15) is 4.79 Å². The zero-order chi connectivity index (χ0) is 13.9. The molecule has 0 spiro atoms. The summed E-state index contributed by atoms with van der Waals surface area (Å²) in [5.41, 5.74) is 1.12. The molecule has 104 valence electrons. The van der Waals surface area contributed by atoms with Crippen molar-refractivity contribution in [2.45, 2.75) is 39.5 Å². The lowest BCUT2D eigenvalue weighted by molar-refractivity contribution is -0.147. The molecule has 0 heterocycles. The van der Waals surface area contributed by atoms with Crippen molar-refractivity contribution in [3.63, 3.8) is 0 Å². The van der Waals surface area contributed by atoms with Crippen molar-refractivity contribution in [3.8, 4) is 0 Å². The Labute approximate surface area is 116 Å². The van der Waals surface area contributed by atoms with Crippen LogP contribution >= 0.6 is 0 Å². The molecule has 1 unspecified atom stereocenters. The molecule has 0 fully saturated rings. The molecule has 0 bridgehead atoms. The first kappa shape index (κ1) is 15.5. The van der Waals surface area contributed by atoms with Gasteiger partial charge in [0.05, 0.1) is 5.92 Å². The van der Waals surface area contributed by atoms with E-state index in [-0.39, 0.29) is 11.9 Å². The Hall–Kier alpha value is -1.57. The predicted molar refractivity (Wildman–Crippen MR) is 79.7 cm³/mol. The minimum Gasteiger partial charge on any atom is -0.461 e. The Morgan fingerprint density at radius 1 is 1.26 bits per heavy atom. The third-order valence-corrected chi connectivity index (χ3v) is 3.16. The number of unbranched alkanes of at least 4 members (excludes halogenated alkanes) is 1. The van der Waals surface area contributed by atoms with Gasteiger partial charge >= 0.3 is 5.97 Å². The van der Waals surface area contributed by atoms with E-state index in [1.165, 1.54) is 0 Å². The second-order valence-electron chi connectivity index (χ2n) is 4.69. The Bertz CT molecular complexity index is 382. The number of rotatable bonds is 8. The summed E-state index contributed by atoms with van der Waals surface area (Å²) in [4.78, 5) is 11.8. The van der Waals surface area contributed by atoms with Gasteiger partial charge in [-0.25, -0.2) is 0 Å². The fourth-order valence-corrected chi connectivity index (χ4v) is 1.94. The molecule has 2 heteroatoms. The number of carbonyl (C=O) groups excluding carboxylic acids is 1. The van der Waals surface area contributed by atoms with Gasteiger partial charge in [0.15, 0.2) is 0 Å². The summed E-state index contributed by atoms with van der Waals surface area (Å²) in [7, 11) is 0.